The lowest BCUT2D eigenvalue weighted by atomic mass is 9.88. The number of fused-ring (bicyclic) bond motifs is 2. The van der Waals surface area contributed by atoms with Gasteiger partial charge >= 0.3 is 6.18 Å². The third kappa shape index (κ3) is 5.45. The number of carbonyl (C=O) groups excluding carboxylic acids is 2. The molecule has 39 heavy (non-hydrogen) atoms. The second kappa shape index (κ2) is 10.7. The number of ether oxygens (including phenoxy) is 1. The second-order valence-electron chi connectivity index (χ2n) is 10.6. The number of hydrogen-bond acceptors (Lipinski definition) is 6. The fourth-order valence-electron chi connectivity index (χ4n) is 6.36. The molecule has 5 rings (SSSR count). The van der Waals surface area contributed by atoms with Crippen molar-refractivity contribution in [3.05, 3.63) is 29.8 Å². The molecule has 0 aromatic carbocycles. The summed E-state index contributed by atoms with van der Waals surface area (Å²) in [4.78, 5) is 33.5. The van der Waals surface area contributed by atoms with Crippen molar-refractivity contribution >= 4 is 11.8 Å². The highest BCUT2D eigenvalue weighted by Crippen LogP contribution is 2.40. The van der Waals surface area contributed by atoms with Gasteiger partial charge in [-0.15, -0.1) is 0 Å². The van der Waals surface area contributed by atoms with E-state index in [4.69, 9.17) is 4.74 Å². The maximum atomic E-state index is 14.3. The first-order chi connectivity index (χ1) is 18.6. The monoisotopic (exact) mass is 552 g/mol. The van der Waals surface area contributed by atoms with E-state index in [-0.39, 0.29) is 84.6 Å². The van der Waals surface area contributed by atoms with Gasteiger partial charge in [-0.3, -0.25) is 19.6 Å². The van der Waals surface area contributed by atoms with Gasteiger partial charge in [-0.2, -0.15) is 18.3 Å². The molecule has 0 radical (unpaired) electrons. The number of pyridine rings is 1. The van der Waals surface area contributed by atoms with Gasteiger partial charge in [-0.25, -0.2) is 9.37 Å². The molecular formula is C26H32F4N6O3. The van der Waals surface area contributed by atoms with Gasteiger partial charge < -0.3 is 15.0 Å². The van der Waals surface area contributed by atoms with Crippen molar-refractivity contribution in [3.63, 3.8) is 0 Å². The minimum Gasteiger partial charge on any atom is -0.481 e. The fourth-order valence-corrected chi connectivity index (χ4v) is 6.36. The van der Waals surface area contributed by atoms with Crippen LogP contribution in [-0.2, 0) is 4.79 Å². The third-order valence-corrected chi connectivity index (χ3v) is 8.28. The Balaban J connectivity index is 1.21. The van der Waals surface area contributed by atoms with Crippen molar-refractivity contribution in [3.8, 4) is 17.1 Å². The Bertz CT molecular complexity index is 1210. The van der Waals surface area contributed by atoms with Gasteiger partial charge in [0.15, 0.2) is 5.82 Å². The van der Waals surface area contributed by atoms with E-state index in [9.17, 15) is 27.2 Å². The summed E-state index contributed by atoms with van der Waals surface area (Å²) in [5.41, 5.74) is 0.627. The molecule has 2 amide bonds. The predicted molar refractivity (Wildman–Crippen MR) is 132 cm³/mol. The summed E-state index contributed by atoms with van der Waals surface area (Å²) in [5.74, 6) is -1.10. The van der Waals surface area contributed by atoms with Crippen LogP contribution >= 0.6 is 0 Å². The normalized spacial score (nSPS) is 27.4. The average molecular weight is 553 g/mol. The number of methoxy groups -OCH3 is 1. The van der Waals surface area contributed by atoms with Crippen molar-refractivity contribution < 1.29 is 31.9 Å². The Morgan fingerprint density at radius 3 is 2.51 bits per heavy atom. The Morgan fingerprint density at radius 1 is 1.15 bits per heavy atom. The highest BCUT2D eigenvalue weighted by atomic mass is 19.4. The molecule has 5 heterocycles. The molecule has 5 atom stereocenters. The van der Waals surface area contributed by atoms with Crippen molar-refractivity contribution in [2.24, 2.45) is 5.92 Å². The number of aromatic nitrogens is 3. The molecule has 2 aromatic heterocycles. The molecule has 0 aliphatic carbocycles. The summed E-state index contributed by atoms with van der Waals surface area (Å²) in [7, 11) is 1.42. The van der Waals surface area contributed by atoms with Crippen LogP contribution in [0.5, 0.6) is 5.88 Å². The quantitative estimate of drug-likeness (QED) is 0.532. The topological polar surface area (TPSA) is 103 Å². The summed E-state index contributed by atoms with van der Waals surface area (Å²) in [6, 6.07) is 0.831. The van der Waals surface area contributed by atoms with E-state index in [0.717, 1.165) is 19.0 Å². The Kier molecular flexibility index (Phi) is 7.53. The summed E-state index contributed by atoms with van der Waals surface area (Å²) in [6.07, 6.45) is -0.511. The standard InChI is InChI=1S/C26H32F4N6O3/c1-3-35-13-15(4-7-22(35)26(28,29)30)32-24(37)14-8-16-5-6-17(9-14)36(16)25(38)21-11-20(33-34-21)18-10-23(39-2)31-12-19(18)27/h10-12,14-17,22H,3-9,13H2,1-2H3,(H,32,37)(H,33,34)/t14?,15-,16-,17+,22+/m0/s1. The van der Waals surface area contributed by atoms with Crippen LogP contribution in [0.4, 0.5) is 17.6 Å². The zero-order valence-electron chi connectivity index (χ0n) is 21.8. The minimum absolute atomic E-state index is 0.0389. The molecule has 3 aliphatic heterocycles. The zero-order valence-corrected chi connectivity index (χ0v) is 21.8. The number of likely N-dealkylation sites (N-methyl/N-ethyl adjacent to an activating group) is 1. The van der Waals surface area contributed by atoms with Gasteiger partial charge in [0.2, 0.25) is 11.8 Å². The van der Waals surface area contributed by atoms with Crippen LogP contribution in [0.1, 0.15) is 55.9 Å². The van der Waals surface area contributed by atoms with Crippen LogP contribution < -0.4 is 10.1 Å². The molecule has 2 N–H and O–H groups in total. The van der Waals surface area contributed by atoms with Crippen molar-refractivity contribution in [2.75, 3.05) is 20.2 Å². The molecule has 3 fully saturated rings. The molecule has 1 unspecified atom stereocenters. The molecule has 3 saturated heterocycles. The third-order valence-electron chi connectivity index (χ3n) is 8.28. The van der Waals surface area contributed by atoms with Gasteiger partial charge in [0.05, 0.1) is 19.0 Å². The highest BCUT2D eigenvalue weighted by Gasteiger charge is 2.48. The molecule has 2 aromatic rings. The smallest absolute Gasteiger partial charge is 0.404 e. The molecule has 212 valence electrons. The van der Waals surface area contributed by atoms with E-state index in [2.05, 4.69) is 20.5 Å². The van der Waals surface area contributed by atoms with Gasteiger partial charge in [-0.05, 0) is 51.1 Å². The van der Waals surface area contributed by atoms with Crippen LogP contribution in [0.3, 0.4) is 0 Å². The lowest BCUT2D eigenvalue weighted by Crippen LogP contribution is -2.57. The number of carbonyl (C=O) groups is 2. The summed E-state index contributed by atoms with van der Waals surface area (Å²) in [6.45, 7) is 2.13. The van der Waals surface area contributed by atoms with Gasteiger partial charge in [0, 0.05) is 42.2 Å². The van der Waals surface area contributed by atoms with E-state index >= 15 is 0 Å². The number of likely N-dealkylation sites (tertiary alicyclic amines) is 1. The number of rotatable bonds is 6. The summed E-state index contributed by atoms with van der Waals surface area (Å²) in [5, 5.41) is 9.82. The van der Waals surface area contributed by atoms with Crippen LogP contribution in [-0.4, -0.2) is 87.3 Å². The van der Waals surface area contributed by atoms with Gasteiger partial charge in [0.1, 0.15) is 11.7 Å². The van der Waals surface area contributed by atoms with Crippen molar-refractivity contribution in [1.29, 1.82) is 0 Å². The van der Waals surface area contributed by atoms with Gasteiger partial charge in [-0.1, -0.05) is 6.92 Å². The zero-order chi connectivity index (χ0) is 27.9. The Labute approximate surface area is 223 Å². The largest absolute Gasteiger partial charge is 0.481 e. The van der Waals surface area contributed by atoms with Crippen LogP contribution in [0.15, 0.2) is 18.3 Å². The molecule has 0 spiro atoms. The van der Waals surface area contributed by atoms with E-state index in [1.807, 2.05) is 0 Å². The lowest BCUT2D eigenvalue weighted by Gasteiger charge is -2.41. The number of H-pyrrole nitrogens is 1. The minimum atomic E-state index is -4.28. The van der Waals surface area contributed by atoms with Crippen LogP contribution in [0.25, 0.3) is 11.3 Å². The molecular weight excluding hydrogens is 520 g/mol. The number of nitrogens with one attached hydrogen (secondary N) is 2. The Hall–Kier alpha value is -3.22. The molecule has 9 nitrogen and oxygen atoms in total. The van der Waals surface area contributed by atoms with E-state index in [1.165, 1.54) is 24.1 Å². The maximum absolute atomic E-state index is 14.3. The van der Waals surface area contributed by atoms with Crippen LogP contribution in [0, 0.1) is 11.7 Å². The number of hydrogen-bond donors (Lipinski definition) is 2. The first kappa shape index (κ1) is 27.4. The maximum Gasteiger partial charge on any atom is 0.404 e. The van der Waals surface area contributed by atoms with E-state index in [0.29, 0.717) is 12.8 Å². The number of nitrogens with zero attached hydrogens (tertiary/aromatic N) is 4. The van der Waals surface area contributed by atoms with E-state index < -0.39 is 18.0 Å². The summed E-state index contributed by atoms with van der Waals surface area (Å²) < 4.78 is 59.3. The van der Waals surface area contributed by atoms with Gasteiger partial charge in [0.25, 0.3) is 5.91 Å². The number of halogens is 4. The fraction of sp³-hybridized carbons (Fsp3) is 0.615. The van der Waals surface area contributed by atoms with Crippen molar-refractivity contribution in [1.82, 2.24) is 30.3 Å². The molecule has 3 aliphatic rings. The Morgan fingerprint density at radius 2 is 1.87 bits per heavy atom. The predicted octanol–water partition coefficient (Wildman–Crippen LogP) is 3.53. The SMILES string of the molecule is CCN1C[C@@H](NC(=O)C2C[C@H]3CC[C@@H](C2)N3C(=O)c2cc(-c3cc(OC)ncc3F)n[nH]2)CC[C@@H]1C(F)(F)F. The molecule has 13 heteroatoms. The highest BCUT2D eigenvalue weighted by molar-refractivity contribution is 5.94. The molecule has 0 saturated carbocycles. The number of amides is 2. The molecule has 2 bridgehead atoms. The summed E-state index contributed by atoms with van der Waals surface area (Å²) >= 11 is 0. The number of aromatic amines is 1. The average Bonchev–Trinajstić information content (AvgIpc) is 3.50. The van der Waals surface area contributed by atoms with E-state index in [1.54, 1.807) is 11.8 Å². The van der Waals surface area contributed by atoms with Crippen molar-refractivity contribution in [2.45, 2.75) is 75.8 Å². The lowest BCUT2D eigenvalue weighted by molar-refractivity contribution is -0.192. The number of piperidine rings is 2. The second-order valence-corrected chi connectivity index (χ2v) is 10.6. The van der Waals surface area contributed by atoms with Crippen LogP contribution in [0.2, 0.25) is 0 Å². The first-order valence-corrected chi connectivity index (χ1v) is 13.3. The first-order valence-electron chi connectivity index (χ1n) is 13.3. The number of alkyl halides is 3.